The quantitative estimate of drug-likeness (QED) is 0.652. The van der Waals surface area contributed by atoms with E-state index in [1.165, 1.54) is 24.8 Å². The number of carbonyl (C=O) groups is 3. The van der Waals surface area contributed by atoms with Gasteiger partial charge in [-0.15, -0.1) is 0 Å². The van der Waals surface area contributed by atoms with Crippen molar-refractivity contribution in [3.05, 3.63) is 23.8 Å². The number of ketones is 2. The Morgan fingerprint density at radius 2 is 2.00 bits per heavy atom. The van der Waals surface area contributed by atoms with E-state index in [9.17, 15) is 14.4 Å². The van der Waals surface area contributed by atoms with E-state index in [1.807, 2.05) is 13.2 Å². The van der Waals surface area contributed by atoms with E-state index < -0.39 is 34.5 Å². The number of rotatable bonds is 2. The number of thioether (sulfide) groups is 1. The number of esters is 1. The first-order valence-electron chi connectivity index (χ1n) is 9.94. The molecule has 6 heteroatoms. The molecular weight excluding hydrogens is 379 g/mol. The van der Waals surface area contributed by atoms with Gasteiger partial charge >= 0.3 is 5.97 Å². The summed E-state index contributed by atoms with van der Waals surface area (Å²) in [7, 11) is 0. The molecule has 0 aromatic carbocycles. The minimum Gasteiger partial charge on any atom is -0.459 e. The molecule has 0 saturated heterocycles. The van der Waals surface area contributed by atoms with Crippen LogP contribution in [0.15, 0.2) is 23.8 Å². The van der Waals surface area contributed by atoms with Gasteiger partial charge in [0.15, 0.2) is 11.5 Å². The fourth-order valence-electron chi connectivity index (χ4n) is 6.66. The smallest absolute Gasteiger partial charge is 0.303 e. The molecule has 4 aliphatic rings. The van der Waals surface area contributed by atoms with Crippen molar-refractivity contribution in [2.24, 2.45) is 22.7 Å². The predicted molar refractivity (Wildman–Crippen MR) is 106 cm³/mol. The van der Waals surface area contributed by atoms with E-state index in [1.54, 1.807) is 12.2 Å². The lowest BCUT2D eigenvalue weighted by atomic mass is 9.46. The van der Waals surface area contributed by atoms with Gasteiger partial charge in [-0.2, -0.15) is 11.8 Å². The molecule has 28 heavy (non-hydrogen) atoms. The molecule has 4 aliphatic carbocycles. The molecule has 0 spiro atoms. The normalized spacial score (nSPS) is 47.1. The number of Topliss-reactive ketones (excluding diaryl/α,β-unsaturated/α-hetero) is 1. The highest BCUT2D eigenvalue weighted by molar-refractivity contribution is 8.00. The van der Waals surface area contributed by atoms with Gasteiger partial charge in [0, 0.05) is 24.7 Å². The van der Waals surface area contributed by atoms with Crippen LogP contribution < -0.4 is 0 Å². The maximum Gasteiger partial charge on any atom is 0.303 e. The van der Waals surface area contributed by atoms with Crippen molar-refractivity contribution in [3.63, 3.8) is 0 Å². The van der Waals surface area contributed by atoms with Gasteiger partial charge in [-0.3, -0.25) is 14.4 Å². The summed E-state index contributed by atoms with van der Waals surface area (Å²) < 4.78 is 22.9. The molecule has 4 rings (SSSR count). The molecule has 3 saturated carbocycles. The molecule has 0 radical (unpaired) electrons. The summed E-state index contributed by atoms with van der Waals surface area (Å²) in [6, 6.07) is 0. The minimum absolute atomic E-state index is 0.0846. The van der Waals surface area contributed by atoms with E-state index in [4.69, 9.17) is 4.74 Å². The van der Waals surface area contributed by atoms with Crippen molar-refractivity contribution >= 4 is 29.3 Å². The Bertz CT molecular complexity index is 819. The van der Waals surface area contributed by atoms with Crippen LogP contribution in [0.25, 0.3) is 0 Å². The maximum atomic E-state index is 17.3. The van der Waals surface area contributed by atoms with Crippen molar-refractivity contribution in [2.75, 3.05) is 6.26 Å². The summed E-state index contributed by atoms with van der Waals surface area (Å²) in [5, 5.41) is -0.201. The second-order valence-corrected chi connectivity index (χ2v) is 10.2. The Morgan fingerprint density at radius 3 is 2.64 bits per heavy atom. The second-order valence-electron chi connectivity index (χ2n) is 9.22. The first-order valence-corrected chi connectivity index (χ1v) is 11.2. The third-order valence-corrected chi connectivity index (χ3v) is 9.18. The average Bonchev–Trinajstić information content (AvgIpc) is 2.86. The highest BCUT2D eigenvalue weighted by atomic mass is 32.2. The van der Waals surface area contributed by atoms with Gasteiger partial charge in [0.2, 0.25) is 0 Å². The number of ether oxygens (including phenoxy) is 1. The molecule has 4 nitrogen and oxygen atoms in total. The van der Waals surface area contributed by atoms with E-state index >= 15 is 4.39 Å². The Morgan fingerprint density at radius 1 is 1.29 bits per heavy atom. The molecule has 7 atom stereocenters. The molecular formula is C22H27FO4S. The molecule has 0 unspecified atom stereocenters. The Hall–Kier alpha value is -1.43. The summed E-state index contributed by atoms with van der Waals surface area (Å²) in [6.07, 6.45) is 7.51. The monoisotopic (exact) mass is 406 g/mol. The van der Waals surface area contributed by atoms with Gasteiger partial charge in [0.25, 0.3) is 0 Å². The van der Waals surface area contributed by atoms with Gasteiger partial charge in [-0.25, -0.2) is 4.39 Å². The zero-order chi connectivity index (χ0) is 20.5. The highest BCUT2D eigenvalue weighted by Crippen LogP contribution is 2.68. The summed E-state index contributed by atoms with van der Waals surface area (Å²) in [5.74, 6) is -0.942. The Kier molecular flexibility index (Phi) is 4.46. The van der Waals surface area contributed by atoms with Crippen LogP contribution in [0.3, 0.4) is 0 Å². The third-order valence-electron chi connectivity index (χ3n) is 7.91. The summed E-state index contributed by atoms with van der Waals surface area (Å²) in [4.78, 5) is 36.6. The molecule has 3 fully saturated rings. The lowest BCUT2D eigenvalue weighted by Crippen LogP contribution is -2.67. The summed E-state index contributed by atoms with van der Waals surface area (Å²) in [5.41, 5.74) is -2.48. The van der Waals surface area contributed by atoms with Crippen molar-refractivity contribution in [1.82, 2.24) is 0 Å². The highest BCUT2D eigenvalue weighted by Gasteiger charge is 2.72. The molecule has 0 aromatic heterocycles. The topological polar surface area (TPSA) is 60.4 Å². The molecule has 0 bridgehead atoms. The van der Waals surface area contributed by atoms with Crippen molar-refractivity contribution in [2.45, 2.75) is 63.5 Å². The van der Waals surface area contributed by atoms with Gasteiger partial charge in [-0.05, 0) is 55.9 Å². The van der Waals surface area contributed by atoms with Crippen LogP contribution in [-0.4, -0.2) is 40.8 Å². The summed E-state index contributed by atoms with van der Waals surface area (Å²) in [6.45, 7) is 5.18. The number of alkyl halides is 1. The second kappa shape index (κ2) is 6.28. The van der Waals surface area contributed by atoms with Crippen LogP contribution in [-0.2, 0) is 19.1 Å². The Balaban J connectivity index is 1.87. The molecule has 0 N–H and O–H groups in total. The number of fused-ring (bicyclic) bond motifs is 5. The van der Waals surface area contributed by atoms with Gasteiger partial charge in [0.1, 0.15) is 11.9 Å². The molecule has 152 valence electrons. The van der Waals surface area contributed by atoms with E-state index in [0.717, 1.165) is 5.57 Å². The standard InChI is InChI=1S/C22H27FO4S/c1-12(24)27-18-11-20(2)16(10-17(26)19(20)28-4)15-6-5-13-9-14(25)7-8-21(13,3)22(15,18)23/h7-9,15-16,18-19H,5-6,10-11H2,1-4H3/t15-,16-,18-,19-,20-,21-,22-/m0/s1. The average molecular weight is 407 g/mol. The van der Waals surface area contributed by atoms with Crippen LogP contribution >= 0.6 is 11.8 Å². The van der Waals surface area contributed by atoms with Crippen molar-refractivity contribution < 1.29 is 23.5 Å². The largest absolute Gasteiger partial charge is 0.459 e. The van der Waals surface area contributed by atoms with Gasteiger partial charge in [0.05, 0.1) is 5.25 Å². The summed E-state index contributed by atoms with van der Waals surface area (Å²) >= 11 is 1.52. The van der Waals surface area contributed by atoms with Crippen LogP contribution in [0.4, 0.5) is 4.39 Å². The SMILES string of the molecule is CS[C@H]1C(=O)C[C@H]2[C@@H]3CCC4=CC(=O)C=C[C@]4(C)[C@@]3(F)[C@@H](OC(C)=O)C[C@]12C. The number of halogens is 1. The van der Waals surface area contributed by atoms with Gasteiger partial charge < -0.3 is 4.74 Å². The van der Waals surface area contributed by atoms with E-state index in [0.29, 0.717) is 25.7 Å². The first kappa shape index (κ1) is 19.9. The van der Waals surface area contributed by atoms with Crippen molar-refractivity contribution in [3.8, 4) is 0 Å². The molecule has 0 amide bonds. The fraction of sp³-hybridized carbons (Fsp3) is 0.682. The van der Waals surface area contributed by atoms with E-state index in [-0.39, 0.29) is 22.7 Å². The predicted octanol–water partition coefficient (Wildman–Crippen LogP) is 3.84. The van der Waals surface area contributed by atoms with Crippen LogP contribution in [0.5, 0.6) is 0 Å². The number of carbonyl (C=O) groups excluding carboxylic acids is 3. The van der Waals surface area contributed by atoms with E-state index in [2.05, 4.69) is 6.92 Å². The van der Waals surface area contributed by atoms with Crippen LogP contribution in [0.1, 0.15) is 46.5 Å². The zero-order valence-electron chi connectivity index (χ0n) is 16.8. The third kappa shape index (κ3) is 2.39. The van der Waals surface area contributed by atoms with Crippen molar-refractivity contribution in [1.29, 1.82) is 0 Å². The maximum absolute atomic E-state index is 17.3. The van der Waals surface area contributed by atoms with Crippen LogP contribution in [0, 0.1) is 22.7 Å². The van der Waals surface area contributed by atoms with Gasteiger partial charge in [-0.1, -0.05) is 18.6 Å². The molecule has 0 aromatic rings. The minimum atomic E-state index is -1.84. The van der Waals surface area contributed by atoms with Crippen LogP contribution in [0.2, 0.25) is 0 Å². The molecule has 0 heterocycles. The Labute approximate surface area is 169 Å². The first-order chi connectivity index (χ1) is 13.1. The molecule has 0 aliphatic heterocycles. The number of allylic oxidation sites excluding steroid dienone is 4. The number of hydrogen-bond acceptors (Lipinski definition) is 5. The lowest BCUT2D eigenvalue weighted by molar-refractivity contribution is -0.208. The fourth-order valence-corrected chi connectivity index (χ4v) is 7.83. The number of hydrogen-bond donors (Lipinski definition) is 0. The lowest BCUT2D eigenvalue weighted by Gasteiger charge is -2.62. The zero-order valence-corrected chi connectivity index (χ0v) is 17.6.